The Kier molecular flexibility index (Phi) is 3.65. The first-order valence-corrected chi connectivity index (χ1v) is 6.78. The molecule has 0 unspecified atom stereocenters. The molecule has 1 fully saturated rings. The number of amides is 1. The highest BCUT2D eigenvalue weighted by atomic mass is 32.2. The fraction of sp³-hybridized carbons (Fsp3) is 0.636. The standard InChI is InChI=1S/C11H16N2O4S/c1-5(14)8-6-4-7(18-3-2-12)9(11(16)17)13(6)10(8)15/h5-6,8,14H,2-4,12H2,1H3,(H,16,17)/t5-,6+,8+/m0/s1. The summed E-state index contributed by atoms with van der Waals surface area (Å²) in [4.78, 5) is 25.1. The van der Waals surface area contributed by atoms with Crippen molar-refractivity contribution in [1.82, 2.24) is 4.90 Å². The first-order valence-electron chi connectivity index (χ1n) is 5.79. The van der Waals surface area contributed by atoms with Gasteiger partial charge in [0.15, 0.2) is 0 Å². The van der Waals surface area contributed by atoms with Crippen molar-refractivity contribution in [3.05, 3.63) is 10.6 Å². The SMILES string of the molecule is C[C@H](O)[C@H]1C(=O)N2C(C(=O)O)=C(SCCN)C[C@H]12. The van der Waals surface area contributed by atoms with Crippen LogP contribution < -0.4 is 5.73 Å². The van der Waals surface area contributed by atoms with Crippen molar-refractivity contribution in [3.63, 3.8) is 0 Å². The van der Waals surface area contributed by atoms with Gasteiger partial charge in [-0.15, -0.1) is 11.8 Å². The van der Waals surface area contributed by atoms with Crippen molar-refractivity contribution in [2.75, 3.05) is 12.3 Å². The lowest BCUT2D eigenvalue weighted by Gasteiger charge is -2.44. The largest absolute Gasteiger partial charge is 0.477 e. The van der Waals surface area contributed by atoms with E-state index in [0.717, 1.165) is 0 Å². The molecule has 0 saturated carbocycles. The second kappa shape index (κ2) is 4.91. The topological polar surface area (TPSA) is 104 Å². The molecule has 2 aliphatic rings. The van der Waals surface area contributed by atoms with Crippen LogP contribution in [0.5, 0.6) is 0 Å². The number of nitrogens with two attached hydrogens (primary N) is 1. The molecular formula is C11H16N2O4S. The Morgan fingerprint density at radius 2 is 2.33 bits per heavy atom. The van der Waals surface area contributed by atoms with E-state index >= 15 is 0 Å². The predicted octanol–water partition coefficient (Wildman–Crippen LogP) is -0.414. The Labute approximate surface area is 109 Å². The number of carbonyl (C=O) groups excluding carboxylic acids is 1. The zero-order chi connectivity index (χ0) is 13.4. The van der Waals surface area contributed by atoms with Gasteiger partial charge in [0, 0.05) is 23.6 Å². The summed E-state index contributed by atoms with van der Waals surface area (Å²) in [5.41, 5.74) is 5.47. The molecule has 18 heavy (non-hydrogen) atoms. The normalized spacial score (nSPS) is 28.2. The third kappa shape index (κ3) is 1.92. The first-order chi connectivity index (χ1) is 8.49. The van der Waals surface area contributed by atoms with Crippen LogP contribution in [-0.2, 0) is 9.59 Å². The first kappa shape index (κ1) is 13.4. The van der Waals surface area contributed by atoms with E-state index in [1.54, 1.807) is 6.92 Å². The van der Waals surface area contributed by atoms with Crippen LogP contribution >= 0.6 is 11.8 Å². The molecule has 0 aromatic rings. The number of aliphatic hydroxyl groups is 1. The van der Waals surface area contributed by atoms with E-state index in [4.69, 9.17) is 5.73 Å². The van der Waals surface area contributed by atoms with Crippen molar-refractivity contribution >= 4 is 23.6 Å². The van der Waals surface area contributed by atoms with Gasteiger partial charge in [-0.2, -0.15) is 0 Å². The van der Waals surface area contributed by atoms with E-state index in [1.165, 1.54) is 16.7 Å². The number of nitrogens with zero attached hydrogens (tertiary/aromatic N) is 1. The highest BCUT2D eigenvalue weighted by molar-refractivity contribution is 8.03. The van der Waals surface area contributed by atoms with Crippen LogP contribution in [0.1, 0.15) is 13.3 Å². The van der Waals surface area contributed by atoms with Crippen LogP contribution in [0.3, 0.4) is 0 Å². The number of carboxylic acid groups (broad SMARTS) is 1. The number of hydrogen-bond acceptors (Lipinski definition) is 5. The molecule has 2 rings (SSSR count). The minimum Gasteiger partial charge on any atom is -0.477 e. The summed E-state index contributed by atoms with van der Waals surface area (Å²) >= 11 is 1.38. The van der Waals surface area contributed by atoms with Gasteiger partial charge in [0.05, 0.1) is 18.1 Å². The van der Waals surface area contributed by atoms with Gasteiger partial charge < -0.3 is 20.8 Å². The average Bonchev–Trinajstić information content (AvgIpc) is 2.60. The number of fused-ring (bicyclic) bond motifs is 1. The highest BCUT2D eigenvalue weighted by Gasteiger charge is 2.56. The lowest BCUT2D eigenvalue weighted by molar-refractivity contribution is -0.161. The maximum Gasteiger partial charge on any atom is 0.353 e. The molecular weight excluding hydrogens is 256 g/mol. The molecule has 6 nitrogen and oxygen atoms in total. The number of aliphatic hydroxyl groups excluding tert-OH is 1. The van der Waals surface area contributed by atoms with Crippen molar-refractivity contribution in [2.24, 2.45) is 11.7 Å². The summed E-state index contributed by atoms with van der Waals surface area (Å²) < 4.78 is 0. The molecule has 7 heteroatoms. The molecule has 3 atom stereocenters. The van der Waals surface area contributed by atoms with E-state index in [1.807, 2.05) is 0 Å². The zero-order valence-electron chi connectivity index (χ0n) is 10.00. The lowest BCUT2D eigenvalue weighted by atomic mass is 9.83. The van der Waals surface area contributed by atoms with Crippen LogP contribution in [0, 0.1) is 5.92 Å². The van der Waals surface area contributed by atoms with E-state index in [0.29, 0.717) is 23.6 Å². The number of aliphatic carboxylic acids is 1. The van der Waals surface area contributed by atoms with Gasteiger partial charge in [0.1, 0.15) is 5.70 Å². The molecule has 0 aliphatic carbocycles. The van der Waals surface area contributed by atoms with E-state index in [9.17, 15) is 19.8 Å². The van der Waals surface area contributed by atoms with Gasteiger partial charge in [0.2, 0.25) is 5.91 Å². The molecule has 4 N–H and O–H groups in total. The molecule has 100 valence electrons. The summed E-state index contributed by atoms with van der Waals surface area (Å²) in [6.45, 7) is 2.02. The highest BCUT2D eigenvalue weighted by Crippen LogP contribution is 2.46. The molecule has 0 aromatic carbocycles. The van der Waals surface area contributed by atoms with Gasteiger partial charge in [-0.1, -0.05) is 0 Å². The number of carboxylic acids is 1. The molecule has 2 heterocycles. The second-order valence-electron chi connectivity index (χ2n) is 4.46. The average molecular weight is 272 g/mol. The third-order valence-corrected chi connectivity index (χ3v) is 4.43. The smallest absolute Gasteiger partial charge is 0.353 e. The number of β-lactam (4-membered cyclic amide) rings is 1. The molecule has 1 saturated heterocycles. The van der Waals surface area contributed by atoms with Crippen LogP contribution in [-0.4, -0.2) is 51.4 Å². The van der Waals surface area contributed by atoms with E-state index < -0.39 is 18.0 Å². The molecule has 1 amide bonds. The lowest BCUT2D eigenvalue weighted by Crippen LogP contribution is -2.61. The van der Waals surface area contributed by atoms with E-state index in [-0.39, 0.29) is 17.6 Å². The molecule has 0 radical (unpaired) electrons. The maximum absolute atomic E-state index is 11.9. The Morgan fingerprint density at radius 1 is 1.67 bits per heavy atom. The Balaban J connectivity index is 2.21. The summed E-state index contributed by atoms with van der Waals surface area (Å²) in [6, 6.07) is -0.205. The molecule has 0 spiro atoms. The predicted molar refractivity (Wildman–Crippen MR) is 66.6 cm³/mol. The van der Waals surface area contributed by atoms with Gasteiger partial charge in [-0.05, 0) is 6.92 Å². The second-order valence-corrected chi connectivity index (χ2v) is 5.65. The third-order valence-electron chi connectivity index (χ3n) is 3.28. The Bertz CT molecular complexity index is 421. The van der Waals surface area contributed by atoms with E-state index in [2.05, 4.69) is 0 Å². The van der Waals surface area contributed by atoms with Gasteiger partial charge in [0.25, 0.3) is 0 Å². The molecule has 0 bridgehead atoms. The quantitative estimate of drug-likeness (QED) is 0.588. The minimum absolute atomic E-state index is 0.0698. The summed E-state index contributed by atoms with van der Waals surface area (Å²) in [5, 5.41) is 18.7. The number of carbonyl (C=O) groups is 2. The van der Waals surface area contributed by atoms with Crippen LogP contribution in [0.2, 0.25) is 0 Å². The van der Waals surface area contributed by atoms with Gasteiger partial charge in [-0.3, -0.25) is 4.79 Å². The molecule has 2 aliphatic heterocycles. The fourth-order valence-corrected chi connectivity index (χ4v) is 3.52. The number of rotatable bonds is 5. The van der Waals surface area contributed by atoms with Crippen molar-refractivity contribution in [1.29, 1.82) is 0 Å². The molecule has 0 aromatic heterocycles. The number of hydrogen-bond donors (Lipinski definition) is 3. The summed E-state index contributed by atoms with van der Waals surface area (Å²) in [5.74, 6) is -1.24. The van der Waals surface area contributed by atoms with Gasteiger partial charge in [-0.25, -0.2) is 4.79 Å². The van der Waals surface area contributed by atoms with Gasteiger partial charge >= 0.3 is 5.97 Å². The minimum atomic E-state index is -1.09. The summed E-state index contributed by atoms with van der Waals surface area (Å²) in [6.07, 6.45) is -0.235. The number of thioether (sulfide) groups is 1. The zero-order valence-corrected chi connectivity index (χ0v) is 10.8. The Hall–Kier alpha value is -1.05. The Morgan fingerprint density at radius 3 is 2.83 bits per heavy atom. The van der Waals surface area contributed by atoms with Crippen LogP contribution in [0.4, 0.5) is 0 Å². The van der Waals surface area contributed by atoms with Crippen molar-refractivity contribution in [2.45, 2.75) is 25.5 Å². The maximum atomic E-state index is 11.9. The summed E-state index contributed by atoms with van der Waals surface area (Å²) in [7, 11) is 0. The van der Waals surface area contributed by atoms with Crippen molar-refractivity contribution < 1.29 is 19.8 Å². The fourth-order valence-electron chi connectivity index (χ4n) is 2.54. The van der Waals surface area contributed by atoms with Crippen LogP contribution in [0.25, 0.3) is 0 Å². The monoisotopic (exact) mass is 272 g/mol. The van der Waals surface area contributed by atoms with Crippen LogP contribution in [0.15, 0.2) is 10.6 Å². The van der Waals surface area contributed by atoms with Crippen molar-refractivity contribution in [3.8, 4) is 0 Å².